The first kappa shape index (κ1) is 13.0. The van der Waals surface area contributed by atoms with Crippen molar-refractivity contribution in [1.29, 1.82) is 0 Å². The minimum absolute atomic E-state index is 0.442. The van der Waals surface area contributed by atoms with Crippen molar-refractivity contribution in [3.8, 4) is 0 Å². The highest BCUT2D eigenvalue weighted by Gasteiger charge is 2.36. The van der Waals surface area contributed by atoms with Crippen LogP contribution in [0, 0.1) is 0 Å². The van der Waals surface area contributed by atoms with Crippen LogP contribution < -0.4 is 4.90 Å². The maximum absolute atomic E-state index is 12.1. The fourth-order valence-electron chi connectivity index (χ4n) is 2.30. The van der Waals surface area contributed by atoms with Gasteiger partial charge < -0.3 is 4.90 Å². The number of Topliss-reactive ketones (excluding diaryl/α,β-unsaturated/α-hetero) is 1. The van der Waals surface area contributed by atoms with E-state index >= 15 is 0 Å². The van der Waals surface area contributed by atoms with E-state index in [1.54, 1.807) is 18.3 Å². The van der Waals surface area contributed by atoms with E-state index in [9.17, 15) is 9.59 Å². The number of hydrogen-bond donors (Lipinski definition) is 0. The number of pyridine rings is 1. The number of rotatable bonds is 3. The Balaban J connectivity index is 1.88. The first-order valence-electron chi connectivity index (χ1n) is 6.23. The van der Waals surface area contributed by atoms with E-state index in [1.165, 1.54) is 4.90 Å². The fourth-order valence-corrected chi connectivity index (χ4v) is 2.88. The van der Waals surface area contributed by atoms with Gasteiger partial charge in [0.05, 0.1) is 11.3 Å². The summed E-state index contributed by atoms with van der Waals surface area (Å²) in [7, 11) is 0. The predicted molar refractivity (Wildman–Crippen MR) is 78.8 cm³/mol. The second kappa shape index (κ2) is 5.17. The van der Waals surface area contributed by atoms with Crippen LogP contribution >= 0.6 is 15.9 Å². The molecule has 0 bridgehead atoms. The van der Waals surface area contributed by atoms with Crippen LogP contribution in [0.15, 0.2) is 47.1 Å². The molecule has 0 spiro atoms. The van der Waals surface area contributed by atoms with Crippen LogP contribution in [0.3, 0.4) is 0 Å². The molecule has 0 saturated carbocycles. The van der Waals surface area contributed by atoms with E-state index in [2.05, 4.69) is 20.9 Å². The molecule has 0 radical (unpaired) electrons. The second-order valence-corrected chi connectivity index (χ2v) is 5.35. The van der Waals surface area contributed by atoms with Gasteiger partial charge >= 0.3 is 0 Å². The molecule has 3 rings (SSSR count). The molecule has 2 aromatic rings. The molecule has 0 saturated heterocycles. The lowest BCUT2D eigenvalue weighted by Crippen LogP contribution is -2.32. The zero-order chi connectivity index (χ0) is 14.1. The molecule has 0 unspecified atom stereocenters. The number of carbonyl (C=O) groups excluding carboxylic acids is 2. The number of amides is 1. The van der Waals surface area contributed by atoms with Gasteiger partial charge in [-0.15, -0.1) is 0 Å². The van der Waals surface area contributed by atoms with E-state index in [0.717, 1.165) is 10.2 Å². The molecule has 20 heavy (non-hydrogen) atoms. The molecule has 0 fully saturated rings. The number of anilines is 1. The average molecular weight is 331 g/mol. The summed E-state index contributed by atoms with van der Waals surface area (Å²) in [6, 6.07) is 10.9. The first-order valence-corrected chi connectivity index (χ1v) is 7.02. The minimum atomic E-state index is -0.470. The molecule has 4 nitrogen and oxygen atoms in total. The van der Waals surface area contributed by atoms with Gasteiger partial charge in [-0.1, -0.05) is 12.1 Å². The van der Waals surface area contributed by atoms with Crippen LogP contribution in [-0.4, -0.2) is 23.2 Å². The van der Waals surface area contributed by atoms with Gasteiger partial charge in [-0.3, -0.25) is 14.6 Å². The number of nitrogens with zero attached hydrogens (tertiary/aromatic N) is 2. The van der Waals surface area contributed by atoms with Gasteiger partial charge in [0.2, 0.25) is 0 Å². The van der Waals surface area contributed by atoms with Crippen molar-refractivity contribution in [3.05, 3.63) is 58.3 Å². The zero-order valence-electron chi connectivity index (χ0n) is 10.5. The molecule has 0 atom stereocenters. The summed E-state index contributed by atoms with van der Waals surface area (Å²) >= 11 is 3.41. The number of ketones is 1. The third-order valence-electron chi connectivity index (χ3n) is 3.26. The largest absolute Gasteiger partial charge is 0.303 e. The van der Waals surface area contributed by atoms with Crippen LogP contribution in [0.25, 0.3) is 0 Å². The Kier molecular flexibility index (Phi) is 3.36. The maximum Gasteiger partial charge on any atom is 0.299 e. The molecule has 0 aliphatic carbocycles. The number of fused-ring (bicyclic) bond motifs is 1. The van der Waals surface area contributed by atoms with Gasteiger partial charge in [-0.25, -0.2) is 0 Å². The Morgan fingerprint density at radius 3 is 2.70 bits per heavy atom. The average Bonchev–Trinajstić information content (AvgIpc) is 2.72. The van der Waals surface area contributed by atoms with E-state index in [4.69, 9.17) is 0 Å². The van der Waals surface area contributed by atoms with E-state index < -0.39 is 11.7 Å². The van der Waals surface area contributed by atoms with Crippen LogP contribution in [-0.2, 0) is 11.2 Å². The van der Waals surface area contributed by atoms with Gasteiger partial charge in [0.25, 0.3) is 11.7 Å². The summed E-state index contributed by atoms with van der Waals surface area (Å²) in [6.07, 6.45) is 2.33. The van der Waals surface area contributed by atoms with Crippen molar-refractivity contribution in [2.75, 3.05) is 11.4 Å². The molecule has 100 valence electrons. The van der Waals surface area contributed by atoms with Crippen LogP contribution in [0.1, 0.15) is 16.1 Å². The molecule has 5 heteroatoms. The van der Waals surface area contributed by atoms with Crippen molar-refractivity contribution in [1.82, 2.24) is 4.98 Å². The lowest BCUT2D eigenvalue weighted by Gasteiger charge is -2.17. The Bertz CT molecular complexity index is 686. The number of benzene rings is 1. The van der Waals surface area contributed by atoms with Gasteiger partial charge in [0.15, 0.2) is 0 Å². The van der Waals surface area contributed by atoms with E-state index in [-0.39, 0.29) is 0 Å². The highest BCUT2D eigenvalue weighted by molar-refractivity contribution is 9.10. The number of aromatic nitrogens is 1. The van der Waals surface area contributed by atoms with Crippen LogP contribution in [0.5, 0.6) is 0 Å². The highest BCUT2D eigenvalue weighted by Crippen LogP contribution is 2.35. The molecular weight excluding hydrogens is 320 g/mol. The Morgan fingerprint density at radius 2 is 1.95 bits per heavy atom. The van der Waals surface area contributed by atoms with E-state index in [1.807, 2.05) is 24.3 Å². The standard InChI is InChI=1S/C15H11BrN2O2/c16-12-6-3-5-11-13(12)18(15(20)14(11)19)9-7-10-4-1-2-8-17-10/h1-6,8H,7,9H2. The van der Waals surface area contributed by atoms with Crippen molar-refractivity contribution >= 4 is 33.3 Å². The normalized spacial score (nSPS) is 13.8. The quantitative estimate of drug-likeness (QED) is 0.813. The van der Waals surface area contributed by atoms with Crippen LogP contribution in [0.2, 0.25) is 0 Å². The van der Waals surface area contributed by atoms with Gasteiger partial charge in [0, 0.05) is 29.3 Å². The molecule has 1 aromatic carbocycles. The monoisotopic (exact) mass is 330 g/mol. The molecular formula is C15H11BrN2O2. The summed E-state index contributed by atoms with van der Waals surface area (Å²) in [6.45, 7) is 0.442. The SMILES string of the molecule is O=C1C(=O)N(CCc2ccccn2)c2c(Br)cccc21. The smallest absolute Gasteiger partial charge is 0.299 e. The van der Waals surface area contributed by atoms with Crippen molar-refractivity contribution in [3.63, 3.8) is 0 Å². The van der Waals surface area contributed by atoms with Crippen molar-refractivity contribution in [2.24, 2.45) is 0 Å². The lowest BCUT2D eigenvalue weighted by atomic mass is 10.1. The molecule has 1 aromatic heterocycles. The van der Waals surface area contributed by atoms with Gasteiger partial charge in [-0.2, -0.15) is 0 Å². The summed E-state index contributed by atoms with van der Waals surface area (Å²) < 4.78 is 0.759. The summed E-state index contributed by atoms with van der Waals surface area (Å²) in [5.41, 5.74) is 2.03. The number of carbonyl (C=O) groups is 2. The molecule has 1 aliphatic rings. The maximum atomic E-state index is 12.1. The molecule has 1 aliphatic heterocycles. The van der Waals surface area contributed by atoms with Gasteiger partial charge in [0.1, 0.15) is 0 Å². The summed E-state index contributed by atoms with van der Waals surface area (Å²) in [5, 5.41) is 0. The zero-order valence-corrected chi connectivity index (χ0v) is 12.1. The second-order valence-electron chi connectivity index (χ2n) is 4.49. The Morgan fingerprint density at radius 1 is 1.10 bits per heavy atom. The first-order chi connectivity index (χ1) is 9.68. The molecule has 0 N–H and O–H groups in total. The number of halogens is 1. The van der Waals surface area contributed by atoms with Crippen molar-refractivity contribution < 1.29 is 9.59 Å². The van der Waals surface area contributed by atoms with E-state index in [0.29, 0.717) is 24.2 Å². The minimum Gasteiger partial charge on any atom is -0.303 e. The fraction of sp³-hybridized carbons (Fsp3) is 0.133. The summed E-state index contributed by atoms with van der Waals surface area (Å²) in [5.74, 6) is -0.912. The van der Waals surface area contributed by atoms with Gasteiger partial charge in [-0.05, 0) is 40.2 Å². The molecule has 2 heterocycles. The Hall–Kier alpha value is -2.01. The predicted octanol–water partition coefficient (Wildman–Crippen LogP) is 2.62. The Labute approximate surface area is 124 Å². The lowest BCUT2D eigenvalue weighted by molar-refractivity contribution is -0.114. The number of hydrogen-bond acceptors (Lipinski definition) is 3. The number of para-hydroxylation sites is 1. The topological polar surface area (TPSA) is 50.3 Å². The van der Waals surface area contributed by atoms with Crippen molar-refractivity contribution in [2.45, 2.75) is 6.42 Å². The third kappa shape index (κ3) is 2.14. The van der Waals surface area contributed by atoms with Crippen LogP contribution in [0.4, 0.5) is 5.69 Å². The molecule has 1 amide bonds. The third-order valence-corrected chi connectivity index (χ3v) is 3.90. The highest BCUT2D eigenvalue weighted by atomic mass is 79.9. The summed E-state index contributed by atoms with van der Waals surface area (Å²) in [4.78, 5) is 29.8.